The lowest BCUT2D eigenvalue weighted by Gasteiger charge is -2.36. The van der Waals surface area contributed by atoms with Crippen LogP contribution in [0.15, 0.2) is 18.2 Å². The molecule has 5 atom stereocenters. The smallest absolute Gasteiger partial charge is 0.121 e. The third-order valence-corrected chi connectivity index (χ3v) is 6.46. The van der Waals surface area contributed by atoms with Crippen LogP contribution in [0, 0.1) is 18.8 Å². The molecule has 0 spiro atoms. The highest BCUT2D eigenvalue weighted by Gasteiger charge is 2.53. The maximum Gasteiger partial charge on any atom is 0.121 e. The number of rotatable bonds is 0. The average molecular weight is 247 g/mol. The Balaban J connectivity index is 1.88. The highest BCUT2D eigenvalue weighted by Crippen LogP contribution is 2.57. The van der Waals surface area contributed by atoms with Crippen molar-refractivity contribution >= 4 is 16.7 Å². The lowest BCUT2D eigenvalue weighted by Crippen LogP contribution is -2.37. The summed E-state index contributed by atoms with van der Waals surface area (Å²) in [7, 11) is -0.863. The van der Waals surface area contributed by atoms with Crippen molar-refractivity contribution in [1.82, 2.24) is 0 Å². The first-order valence-corrected chi connectivity index (χ1v) is 7.73. The van der Waals surface area contributed by atoms with Crippen LogP contribution in [0.3, 0.4) is 0 Å². The number of benzene rings is 1. The standard InChI is InChI=1S/C14H17NOS/c1-8-2-5-12-11(6-8)13-9-3-4-10(7-9)14(13)17(16)15-12/h2,5-6,9-10,13-15H,3-4,7H2,1H3/t9-,10-,13-,14+,17-/m0/s1. The van der Waals surface area contributed by atoms with Gasteiger partial charge in [0.2, 0.25) is 0 Å². The normalized spacial score (nSPS) is 41.8. The monoisotopic (exact) mass is 247 g/mol. The molecule has 3 aliphatic rings. The van der Waals surface area contributed by atoms with Gasteiger partial charge in [-0.1, -0.05) is 17.7 Å². The minimum absolute atomic E-state index is 0.378. The predicted octanol–water partition coefficient (Wildman–Crippen LogP) is 2.97. The largest absolute Gasteiger partial charge is 0.305 e. The molecule has 0 aromatic heterocycles. The van der Waals surface area contributed by atoms with Crippen LogP contribution in [0.4, 0.5) is 5.69 Å². The first-order valence-electron chi connectivity index (χ1n) is 6.52. The summed E-state index contributed by atoms with van der Waals surface area (Å²) in [5.41, 5.74) is 3.87. The highest BCUT2D eigenvalue weighted by molar-refractivity contribution is 7.87. The SMILES string of the molecule is Cc1ccc2c(c1)[C@@H]1[C@H]3CC[C@@H](C3)[C@H]1[S@](=O)N2. The number of fused-ring (bicyclic) bond motifs is 7. The van der Waals surface area contributed by atoms with Gasteiger partial charge in [-0.25, -0.2) is 4.21 Å². The van der Waals surface area contributed by atoms with E-state index in [0.717, 1.165) is 11.6 Å². The van der Waals surface area contributed by atoms with Crippen LogP contribution in [0.1, 0.15) is 36.3 Å². The van der Waals surface area contributed by atoms with Crippen molar-refractivity contribution in [1.29, 1.82) is 0 Å². The predicted molar refractivity (Wildman–Crippen MR) is 70.3 cm³/mol. The molecule has 2 bridgehead atoms. The van der Waals surface area contributed by atoms with Gasteiger partial charge in [0.05, 0.1) is 5.25 Å². The van der Waals surface area contributed by atoms with Gasteiger partial charge in [0.1, 0.15) is 11.0 Å². The summed E-state index contributed by atoms with van der Waals surface area (Å²) in [6.07, 6.45) is 3.94. The summed E-state index contributed by atoms with van der Waals surface area (Å²) in [5, 5.41) is 0.378. The molecule has 2 nitrogen and oxygen atoms in total. The first-order chi connectivity index (χ1) is 8.24. The Morgan fingerprint density at radius 1 is 1.29 bits per heavy atom. The summed E-state index contributed by atoms with van der Waals surface area (Å²) < 4.78 is 15.5. The van der Waals surface area contributed by atoms with Crippen molar-refractivity contribution < 1.29 is 4.21 Å². The van der Waals surface area contributed by atoms with Crippen LogP contribution < -0.4 is 4.72 Å². The molecule has 1 aromatic carbocycles. The lowest BCUT2D eigenvalue weighted by molar-refractivity contribution is 0.422. The first kappa shape index (κ1) is 10.1. The zero-order chi connectivity index (χ0) is 11.6. The van der Waals surface area contributed by atoms with Gasteiger partial charge >= 0.3 is 0 Å². The number of aryl methyl sites for hydroxylation is 1. The Hall–Kier alpha value is -0.830. The molecule has 1 aromatic rings. The molecule has 0 saturated heterocycles. The topological polar surface area (TPSA) is 29.1 Å². The summed E-state index contributed by atoms with van der Waals surface area (Å²) in [6, 6.07) is 6.51. The van der Waals surface area contributed by atoms with E-state index >= 15 is 0 Å². The molecule has 2 fully saturated rings. The van der Waals surface area contributed by atoms with E-state index in [0.29, 0.717) is 17.1 Å². The molecule has 2 aliphatic carbocycles. The van der Waals surface area contributed by atoms with Gasteiger partial charge in [0.15, 0.2) is 0 Å². The second-order valence-corrected chi connectivity index (χ2v) is 7.16. The molecular weight excluding hydrogens is 230 g/mol. The van der Waals surface area contributed by atoms with E-state index in [1.807, 2.05) is 0 Å². The van der Waals surface area contributed by atoms with Crippen molar-refractivity contribution in [2.24, 2.45) is 11.8 Å². The fourth-order valence-corrected chi connectivity index (χ4v) is 5.98. The number of anilines is 1. The van der Waals surface area contributed by atoms with E-state index in [1.54, 1.807) is 0 Å². The van der Waals surface area contributed by atoms with Crippen molar-refractivity contribution in [2.75, 3.05) is 4.72 Å². The Kier molecular flexibility index (Phi) is 1.99. The number of hydrogen-bond donors (Lipinski definition) is 1. The van der Waals surface area contributed by atoms with E-state index < -0.39 is 11.0 Å². The summed E-state index contributed by atoms with van der Waals surface area (Å²) in [4.78, 5) is 0. The van der Waals surface area contributed by atoms with Crippen LogP contribution in [0.25, 0.3) is 0 Å². The van der Waals surface area contributed by atoms with Crippen molar-refractivity contribution in [3.05, 3.63) is 29.3 Å². The maximum atomic E-state index is 12.3. The number of nitrogens with one attached hydrogen (secondary N) is 1. The second kappa shape index (κ2) is 3.35. The summed E-state index contributed by atoms with van der Waals surface area (Å²) >= 11 is 0. The summed E-state index contributed by atoms with van der Waals surface area (Å²) in [5.74, 6) is 2.05. The molecule has 3 heteroatoms. The molecule has 4 rings (SSSR count). The minimum Gasteiger partial charge on any atom is -0.305 e. The van der Waals surface area contributed by atoms with E-state index in [2.05, 4.69) is 29.8 Å². The lowest BCUT2D eigenvalue weighted by atomic mass is 9.81. The van der Waals surface area contributed by atoms with Crippen molar-refractivity contribution in [3.63, 3.8) is 0 Å². The quantitative estimate of drug-likeness (QED) is 0.750. The van der Waals surface area contributed by atoms with E-state index in [-0.39, 0.29) is 0 Å². The zero-order valence-corrected chi connectivity index (χ0v) is 10.8. The molecular formula is C14H17NOS. The van der Waals surface area contributed by atoms with Gasteiger partial charge in [-0.15, -0.1) is 0 Å². The van der Waals surface area contributed by atoms with Crippen molar-refractivity contribution in [2.45, 2.75) is 37.4 Å². The maximum absolute atomic E-state index is 12.3. The molecule has 90 valence electrons. The van der Waals surface area contributed by atoms with E-state index in [9.17, 15) is 4.21 Å². The van der Waals surface area contributed by atoms with E-state index in [1.165, 1.54) is 30.4 Å². The molecule has 0 radical (unpaired) electrons. The van der Waals surface area contributed by atoms with Crippen LogP contribution in [-0.2, 0) is 11.0 Å². The van der Waals surface area contributed by atoms with Gasteiger partial charge in [0, 0.05) is 11.6 Å². The zero-order valence-electron chi connectivity index (χ0n) is 9.98. The third-order valence-electron chi connectivity index (χ3n) is 4.86. The third kappa shape index (κ3) is 1.29. The van der Waals surface area contributed by atoms with Gasteiger partial charge in [0.25, 0.3) is 0 Å². The average Bonchev–Trinajstić information content (AvgIpc) is 2.91. The molecule has 1 N–H and O–H groups in total. The van der Waals surface area contributed by atoms with Crippen molar-refractivity contribution in [3.8, 4) is 0 Å². The molecule has 17 heavy (non-hydrogen) atoms. The Bertz CT molecular complexity index is 513. The fraction of sp³-hybridized carbons (Fsp3) is 0.571. The molecule has 1 heterocycles. The van der Waals surface area contributed by atoms with Crippen LogP contribution in [0.5, 0.6) is 0 Å². The van der Waals surface area contributed by atoms with Crippen LogP contribution >= 0.6 is 0 Å². The molecule has 0 amide bonds. The Labute approximate surface area is 104 Å². The number of hydrogen-bond acceptors (Lipinski definition) is 1. The minimum atomic E-state index is -0.863. The Morgan fingerprint density at radius 3 is 3.00 bits per heavy atom. The molecule has 0 unspecified atom stereocenters. The fourth-order valence-electron chi connectivity index (χ4n) is 4.20. The molecule has 1 aliphatic heterocycles. The van der Waals surface area contributed by atoms with Gasteiger partial charge < -0.3 is 4.72 Å². The van der Waals surface area contributed by atoms with Crippen LogP contribution in [-0.4, -0.2) is 9.46 Å². The Morgan fingerprint density at radius 2 is 2.12 bits per heavy atom. The molecule has 2 saturated carbocycles. The van der Waals surface area contributed by atoms with Gasteiger partial charge in [-0.05, 0) is 49.7 Å². The summed E-state index contributed by atoms with van der Waals surface area (Å²) in [6.45, 7) is 2.15. The van der Waals surface area contributed by atoms with Gasteiger partial charge in [-0.2, -0.15) is 0 Å². The second-order valence-electron chi connectivity index (χ2n) is 5.81. The van der Waals surface area contributed by atoms with Crippen LogP contribution in [0.2, 0.25) is 0 Å². The van der Waals surface area contributed by atoms with Gasteiger partial charge in [-0.3, -0.25) is 0 Å². The van der Waals surface area contributed by atoms with E-state index in [4.69, 9.17) is 0 Å². The highest BCUT2D eigenvalue weighted by atomic mass is 32.2.